The summed E-state index contributed by atoms with van der Waals surface area (Å²) in [5.41, 5.74) is -1.69. The molecule has 0 aromatic heterocycles. The molecule has 0 aromatic carbocycles. The molecule has 0 unspecified atom stereocenters. The van der Waals surface area contributed by atoms with E-state index >= 15 is 0 Å². The topological polar surface area (TPSA) is 219 Å². The molecule has 6 fully saturated rings. The van der Waals surface area contributed by atoms with Gasteiger partial charge in [0.05, 0.1) is 37.1 Å². The minimum absolute atomic E-state index is 0.0443. The van der Waals surface area contributed by atoms with Gasteiger partial charge >= 0.3 is 0 Å². The maximum atomic E-state index is 12.2. The van der Waals surface area contributed by atoms with Gasteiger partial charge in [0.25, 0.3) is 0 Å². The molecular weight excluding hydrogens is 700 g/mol. The highest BCUT2D eigenvalue weighted by molar-refractivity contribution is 5.22. The molecule has 6 rings (SSSR count). The van der Waals surface area contributed by atoms with Crippen LogP contribution in [-0.2, 0) is 18.9 Å². The Labute approximate surface area is 320 Å². The minimum Gasteiger partial charge on any atom is -0.394 e. The van der Waals surface area contributed by atoms with Crippen LogP contribution in [0.25, 0.3) is 0 Å². The number of fused-ring (bicyclic) bond motifs is 5. The van der Waals surface area contributed by atoms with Gasteiger partial charge in [0.1, 0.15) is 42.7 Å². The van der Waals surface area contributed by atoms with Crippen molar-refractivity contribution >= 4 is 0 Å². The van der Waals surface area contributed by atoms with E-state index in [0.717, 1.165) is 19.3 Å². The lowest BCUT2D eigenvalue weighted by atomic mass is 9.34. The lowest BCUT2D eigenvalue weighted by Gasteiger charge is -2.72. The molecular formula is C41H70O13. The van der Waals surface area contributed by atoms with Gasteiger partial charge in [-0.25, -0.2) is 0 Å². The van der Waals surface area contributed by atoms with E-state index in [0.29, 0.717) is 32.1 Å². The van der Waals surface area contributed by atoms with E-state index in [4.69, 9.17) is 18.9 Å². The molecule has 20 atom stereocenters. The van der Waals surface area contributed by atoms with Gasteiger partial charge in [-0.15, -0.1) is 0 Å². The monoisotopic (exact) mass is 770 g/mol. The van der Waals surface area contributed by atoms with Crippen molar-refractivity contribution in [1.82, 2.24) is 0 Å². The SMILES string of the molecule is CC(C)=CCC[C@](C)(O)[C@@H]1CC[C@]2(C)[C@H]1[C@H](O)C[C@H]1[C@@]3(C)CC[C@H](O)C(C)(C)[C@H]3[C@@H](O[C@@H]3O[C@H](CO)[C@@H](O)[C@H](O)[C@H]3O[C@H]3OC[C@@H](O)[C@H](O)[C@H]3O)C[C@@]12C. The first kappa shape index (κ1) is 42.8. The third-order valence-corrected chi connectivity index (χ3v) is 16.1. The van der Waals surface area contributed by atoms with E-state index in [9.17, 15) is 46.0 Å². The molecule has 2 saturated heterocycles. The Hall–Kier alpha value is -0.780. The van der Waals surface area contributed by atoms with Crippen LogP contribution in [0.2, 0.25) is 0 Å². The smallest absolute Gasteiger partial charge is 0.187 e. The van der Waals surface area contributed by atoms with Gasteiger partial charge in [0.15, 0.2) is 12.6 Å². The van der Waals surface area contributed by atoms with E-state index in [-0.39, 0.29) is 30.3 Å². The maximum Gasteiger partial charge on any atom is 0.187 e. The fraction of sp³-hybridized carbons (Fsp3) is 0.951. The van der Waals surface area contributed by atoms with Crippen molar-refractivity contribution in [2.24, 2.45) is 45.3 Å². The Morgan fingerprint density at radius 2 is 1.52 bits per heavy atom. The zero-order valence-corrected chi connectivity index (χ0v) is 33.5. The summed E-state index contributed by atoms with van der Waals surface area (Å²) >= 11 is 0. The third kappa shape index (κ3) is 6.86. The van der Waals surface area contributed by atoms with E-state index < -0.39 is 107 Å². The van der Waals surface area contributed by atoms with Crippen molar-refractivity contribution in [2.75, 3.05) is 13.2 Å². The number of rotatable bonds is 9. The molecule has 0 radical (unpaired) electrons. The second-order valence-corrected chi connectivity index (χ2v) is 19.8. The van der Waals surface area contributed by atoms with Gasteiger partial charge in [-0.3, -0.25) is 0 Å². The van der Waals surface area contributed by atoms with E-state index in [1.807, 2.05) is 20.8 Å². The first-order valence-corrected chi connectivity index (χ1v) is 20.4. The van der Waals surface area contributed by atoms with Gasteiger partial charge < -0.3 is 64.9 Å². The summed E-state index contributed by atoms with van der Waals surface area (Å²) in [4.78, 5) is 0. The van der Waals surface area contributed by atoms with Gasteiger partial charge in [0, 0.05) is 0 Å². The predicted molar refractivity (Wildman–Crippen MR) is 196 cm³/mol. The summed E-state index contributed by atoms with van der Waals surface area (Å²) in [5.74, 6) is -0.513. The van der Waals surface area contributed by atoms with Crippen molar-refractivity contribution in [3.05, 3.63) is 11.6 Å². The van der Waals surface area contributed by atoms with E-state index in [1.54, 1.807) is 0 Å². The molecule has 0 bridgehead atoms. The van der Waals surface area contributed by atoms with Crippen LogP contribution in [0, 0.1) is 45.3 Å². The van der Waals surface area contributed by atoms with Crippen molar-refractivity contribution in [2.45, 2.75) is 186 Å². The first-order valence-electron chi connectivity index (χ1n) is 20.4. The van der Waals surface area contributed by atoms with Crippen LogP contribution in [0.1, 0.15) is 107 Å². The number of aliphatic hydroxyl groups is 9. The molecule has 312 valence electrons. The van der Waals surface area contributed by atoms with Crippen LogP contribution in [0.15, 0.2) is 11.6 Å². The first-order chi connectivity index (χ1) is 25.0. The van der Waals surface area contributed by atoms with Crippen LogP contribution in [-0.4, -0.2) is 138 Å². The zero-order chi connectivity index (χ0) is 39.9. The van der Waals surface area contributed by atoms with Gasteiger partial charge in [-0.2, -0.15) is 0 Å². The standard InChI is InChI=1S/C41H70O13/c1-20(2)10-9-13-41(8,50)21-11-15-39(6)28(21)22(43)16-26-38(5)14-12-27(45)37(3,4)34(38)24(17-40(26,39)7)52-36-33(31(48)30(47)25(18-42)53-36)54-35-32(49)29(46)23(44)19-51-35/h10,21-36,42-50H,9,11-19H2,1-8H3/t21-,22-,23-,24+,25-,26+,27+,28-,29+,30-,31+,32-,33-,34-,35-,36-,38-,39-,40+,41+/m1/s1. The summed E-state index contributed by atoms with van der Waals surface area (Å²) in [6.45, 7) is 16.0. The summed E-state index contributed by atoms with van der Waals surface area (Å²) in [6, 6.07) is 0. The average Bonchev–Trinajstić information content (AvgIpc) is 3.48. The number of hydrogen-bond donors (Lipinski definition) is 9. The molecule has 4 saturated carbocycles. The number of hydrogen-bond acceptors (Lipinski definition) is 13. The Kier molecular flexibility index (Phi) is 12.0. The quantitative estimate of drug-likeness (QED) is 0.121. The molecule has 13 nitrogen and oxygen atoms in total. The number of ether oxygens (including phenoxy) is 4. The summed E-state index contributed by atoms with van der Waals surface area (Å²) in [6.07, 6.45) is -7.90. The molecule has 0 spiro atoms. The average molecular weight is 771 g/mol. The van der Waals surface area contributed by atoms with Gasteiger partial charge in [0.2, 0.25) is 0 Å². The molecule has 2 aliphatic heterocycles. The summed E-state index contributed by atoms with van der Waals surface area (Å²) in [5, 5.41) is 99.6. The molecule has 13 heteroatoms. The molecule has 9 N–H and O–H groups in total. The van der Waals surface area contributed by atoms with Crippen LogP contribution in [0.4, 0.5) is 0 Å². The Morgan fingerprint density at radius 1 is 0.833 bits per heavy atom. The highest BCUT2D eigenvalue weighted by Gasteiger charge is 2.73. The lowest BCUT2D eigenvalue weighted by molar-refractivity contribution is -0.377. The Morgan fingerprint density at radius 3 is 2.17 bits per heavy atom. The summed E-state index contributed by atoms with van der Waals surface area (Å²) in [7, 11) is 0. The largest absolute Gasteiger partial charge is 0.394 e. The molecule has 0 amide bonds. The lowest BCUT2D eigenvalue weighted by Crippen LogP contribution is -2.71. The van der Waals surface area contributed by atoms with Gasteiger partial charge in [-0.05, 0) is 117 Å². The highest BCUT2D eigenvalue weighted by Crippen LogP contribution is 2.76. The summed E-state index contributed by atoms with van der Waals surface area (Å²) < 4.78 is 24.8. The minimum atomic E-state index is -1.68. The molecule has 2 heterocycles. The maximum absolute atomic E-state index is 12.2. The number of allylic oxidation sites excluding steroid dienone is 2. The Bertz CT molecular complexity index is 1350. The highest BCUT2D eigenvalue weighted by atomic mass is 16.8. The van der Waals surface area contributed by atoms with Crippen LogP contribution < -0.4 is 0 Å². The van der Waals surface area contributed by atoms with Crippen molar-refractivity contribution in [3.63, 3.8) is 0 Å². The van der Waals surface area contributed by atoms with E-state index in [2.05, 4.69) is 40.7 Å². The fourth-order valence-electron chi connectivity index (χ4n) is 13.1. The molecule has 4 aliphatic carbocycles. The second-order valence-electron chi connectivity index (χ2n) is 19.8. The number of aliphatic hydroxyl groups excluding tert-OH is 8. The molecule has 6 aliphatic rings. The van der Waals surface area contributed by atoms with Crippen molar-refractivity contribution < 1.29 is 64.9 Å². The van der Waals surface area contributed by atoms with Crippen molar-refractivity contribution in [3.8, 4) is 0 Å². The molecule has 0 aromatic rings. The zero-order valence-electron chi connectivity index (χ0n) is 33.5. The van der Waals surface area contributed by atoms with Crippen LogP contribution in [0.3, 0.4) is 0 Å². The van der Waals surface area contributed by atoms with E-state index in [1.165, 1.54) is 5.57 Å². The predicted octanol–water partition coefficient (Wildman–Crippen LogP) is 1.76. The van der Waals surface area contributed by atoms with Crippen molar-refractivity contribution in [1.29, 1.82) is 0 Å². The molecule has 54 heavy (non-hydrogen) atoms. The Balaban J connectivity index is 1.38. The third-order valence-electron chi connectivity index (χ3n) is 16.1. The second kappa shape index (κ2) is 15.1. The van der Waals surface area contributed by atoms with Gasteiger partial charge in [-0.1, -0.05) is 46.3 Å². The van der Waals surface area contributed by atoms with Crippen LogP contribution in [0.5, 0.6) is 0 Å². The normalized spacial score (nSPS) is 52.8. The van der Waals surface area contributed by atoms with Crippen LogP contribution >= 0.6 is 0 Å². The fourth-order valence-corrected chi connectivity index (χ4v) is 13.1.